The number of amides is 1. The Labute approximate surface area is 143 Å². The molecule has 4 nitrogen and oxygen atoms in total. The Bertz CT molecular complexity index is 610. The van der Waals surface area contributed by atoms with Crippen molar-refractivity contribution in [2.75, 3.05) is 0 Å². The normalized spacial score (nSPS) is 10.1. The first-order chi connectivity index (χ1) is 10.6. The first-order valence-electron chi connectivity index (χ1n) is 7.41. The van der Waals surface area contributed by atoms with Crippen molar-refractivity contribution in [3.05, 3.63) is 65.2 Å². The Morgan fingerprint density at radius 2 is 1.61 bits per heavy atom. The predicted molar refractivity (Wildman–Crippen MR) is 95.0 cm³/mol. The molecule has 0 aliphatic heterocycles. The molecule has 0 heterocycles. The number of benzene rings is 2. The Kier molecular flexibility index (Phi) is 7.59. The molecule has 23 heavy (non-hydrogen) atoms. The number of rotatable bonds is 6. The van der Waals surface area contributed by atoms with E-state index in [1.165, 1.54) is 0 Å². The first-order valence-corrected chi connectivity index (χ1v) is 7.41. The minimum absolute atomic E-state index is 0. The summed E-state index contributed by atoms with van der Waals surface area (Å²) in [5, 5.41) is 2.90. The molecular formula is C18H23ClN2O2. The van der Waals surface area contributed by atoms with Gasteiger partial charge in [-0.15, -0.1) is 12.4 Å². The maximum absolute atomic E-state index is 12.1. The molecule has 124 valence electrons. The summed E-state index contributed by atoms with van der Waals surface area (Å²) in [6.45, 7) is 4.94. The lowest BCUT2D eigenvalue weighted by Crippen LogP contribution is -2.22. The average Bonchev–Trinajstić information content (AvgIpc) is 2.53. The molecule has 2 aromatic carbocycles. The summed E-state index contributed by atoms with van der Waals surface area (Å²) in [4.78, 5) is 12.1. The van der Waals surface area contributed by atoms with Gasteiger partial charge in [0.05, 0.1) is 6.10 Å². The summed E-state index contributed by atoms with van der Waals surface area (Å²) < 4.78 is 5.59. The molecule has 5 heteroatoms. The van der Waals surface area contributed by atoms with Crippen LogP contribution >= 0.6 is 12.4 Å². The lowest BCUT2D eigenvalue weighted by molar-refractivity contribution is 0.0951. The van der Waals surface area contributed by atoms with E-state index >= 15 is 0 Å². The largest absolute Gasteiger partial charge is 0.491 e. The highest BCUT2D eigenvalue weighted by molar-refractivity contribution is 5.94. The molecule has 3 N–H and O–H groups in total. The number of hydrogen-bond acceptors (Lipinski definition) is 3. The van der Waals surface area contributed by atoms with Crippen LogP contribution in [-0.4, -0.2) is 12.0 Å². The van der Waals surface area contributed by atoms with E-state index in [-0.39, 0.29) is 24.4 Å². The van der Waals surface area contributed by atoms with Crippen molar-refractivity contribution in [2.24, 2.45) is 5.73 Å². The van der Waals surface area contributed by atoms with Crippen LogP contribution in [0.5, 0.6) is 5.75 Å². The Morgan fingerprint density at radius 1 is 1.04 bits per heavy atom. The summed E-state index contributed by atoms with van der Waals surface area (Å²) in [5.74, 6) is 0.744. The van der Waals surface area contributed by atoms with Crippen LogP contribution in [0.1, 0.15) is 35.3 Å². The molecule has 1 amide bonds. The lowest BCUT2D eigenvalue weighted by Gasteiger charge is -2.10. The standard InChI is InChI=1S/C18H22N2O2.ClH/c1-13(2)22-17-9-5-15(6-10-17)12-20-18(21)16-7-3-14(11-19)4-8-16;/h3-10,13H,11-12,19H2,1-2H3,(H,20,21);1H. The van der Waals surface area contributed by atoms with Crippen molar-refractivity contribution in [1.29, 1.82) is 0 Å². The van der Waals surface area contributed by atoms with Crippen molar-refractivity contribution < 1.29 is 9.53 Å². The third-order valence-electron chi connectivity index (χ3n) is 3.20. The monoisotopic (exact) mass is 334 g/mol. The van der Waals surface area contributed by atoms with E-state index in [9.17, 15) is 4.79 Å². The highest BCUT2D eigenvalue weighted by atomic mass is 35.5. The van der Waals surface area contributed by atoms with E-state index in [1.807, 2.05) is 50.2 Å². The molecule has 0 atom stereocenters. The van der Waals surface area contributed by atoms with Gasteiger partial charge in [0.15, 0.2) is 0 Å². The van der Waals surface area contributed by atoms with Gasteiger partial charge in [-0.2, -0.15) is 0 Å². The van der Waals surface area contributed by atoms with Gasteiger partial charge >= 0.3 is 0 Å². The third-order valence-corrected chi connectivity index (χ3v) is 3.20. The van der Waals surface area contributed by atoms with Crippen LogP contribution in [0.25, 0.3) is 0 Å². The molecule has 0 aliphatic rings. The summed E-state index contributed by atoms with van der Waals surface area (Å²) >= 11 is 0. The molecule has 0 aromatic heterocycles. The fraction of sp³-hybridized carbons (Fsp3) is 0.278. The minimum Gasteiger partial charge on any atom is -0.491 e. The zero-order chi connectivity index (χ0) is 15.9. The summed E-state index contributed by atoms with van der Waals surface area (Å²) in [6, 6.07) is 15.0. The molecular weight excluding hydrogens is 312 g/mol. The van der Waals surface area contributed by atoms with Crippen molar-refractivity contribution in [3.8, 4) is 5.75 Å². The van der Waals surface area contributed by atoms with Gasteiger partial charge in [-0.1, -0.05) is 24.3 Å². The van der Waals surface area contributed by atoms with E-state index in [4.69, 9.17) is 10.5 Å². The molecule has 0 fully saturated rings. The van der Waals surface area contributed by atoms with Crippen LogP contribution in [0.2, 0.25) is 0 Å². The number of ether oxygens (including phenoxy) is 1. The van der Waals surface area contributed by atoms with Gasteiger partial charge in [0.1, 0.15) is 5.75 Å². The molecule has 0 spiro atoms. The smallest absolute Gasteiger partial charge is 0.251 e. The molecule has 2 rings (SSSR count). The maximum atomic E-state index is 12.1. The van der Waals surface area contributed by atoms with Crippen LogP contribution in [0.3, 0.4) is 0 Å². The summed E-state index contributed by atoms with van der Waals surface area (Å²) in [7, 11) is 0. The number of carbonyl (C=O) groups is 1. The lowest BCUT2D eigenvalue weighted by atomic mass is 10.1. The van der Waals surface area contributed by atoms with Crippen molar-refractivity contribution >= 4 is 18.3 Å². The second-order valence-electron chi connectivity index (χ2n) is 5.39. The topological polar surface area (TPSA) is 64.3 Å². The van der Waals surface area contributed by atoms with Crippen LogP contribution in [0, 0.1) is 0 Å². The highest BCUT2D eigenvalue weighted by Gasteiger charge is 2.05. The zero-order valence-corrected chi connectivity index (χ0v) is 14.2. The molecule has 0 saturated carbocycles. The number of halogens is 1. The zero-order valence-electron chi connectivity index (χ0n) is 13.4. The third kappa shape index (κ3) is 5.93. The van der Waals surface area contributed by atoms with Gasteiger partial charge in [-0.25, -0.2) is 0 Å². The highest BCUT2D eigenvalue weighted by Crippen LogP contribution is 2.14. The van der Waals surface area contributed by atoms with E-state index in [1.54, 1.807) is 12.1 Å². The van der Waals surface area contributed by atoms with Crippen molar-refractivity contribution in [3.63, 3.8) is 0 Å². The van der Waals surface area contributed by atoms with Gasteiger partial charge in [0, 0.05) is 18.7 Å². The van der Waals surface area contributed by atoms with Gasteiger partial charge in [0.2, 0.25) is 0 Å². The maximum Gasteiger partial charge on any atom is 0.251 e. The Hall–Kier alpha value is -2.04. The second kappa shape index (κ2) is 9.18. The SMILES string of the molecule is CC(C)Oc1ccc(CNC(=O)c2ccc(CN)cc2)cc1.Cl. The molecule has 0 saturated heterocycles. The predicted octanol–water partition coefficient (Wildman–Crippen LogP) is 3.28. The van der Waals surface area contributed by atoms with Crippen molar-refractivity contribution in [1.82, 2.24) is 5.32 Å². The molecule has 0 unspecified atom stereocenters. The average molecular weight is 335 g/mol. The number of carbonyl (C=O) groups excluding carboxylic acids is 1. The summed E-state index contributed by atoms with van der Waals surface area (Å²) in [5.41, 5.74) is 8.22. The van der Waals surface area contributed by atoms with Crippen LogP contribution < -0.4 is 15.8 Å². The van der Waals surface area contributed by atoms with Gasteiger partial charge in [0.25, 0.3) is 5.91 Å². The van der Waals surface area contributed by atoms with E-state index in [0.717, 1.165) is 16.9 Å². The Morgan fingerprint density at radius 3 is 2.13 bits per heavy atom. The van der Waals surface area contributed by atoms with Crippen molar-refractivity contribution in [2.45, 2.75) is 33.0 Å². The molecule has 2 aromatic rings. The molecule has 0 aliphatic carbocycles. The second-order valence-corrected chi connectivity index (χ2v) is 5.39. The van der Waals surface area contributed by atoms with Gasteiger partial charge in [-0.05, 0) is 49.2 Å². The molecule has 0 radical (unpaired) electrons. The number of nitrogens with one attached hydrogen (secondary N) is 1. The van der Waals surface area contributed by atoms with Gasteiger partial charge < -0.3 is 15.8 Å². The van der Waals surface area contributed by atoms with E-state index in [0.29, 0.717) is 18.7 Å². The quantitative estimate of drug-likeness (QED) is 0.852. The van der Waals surface area contributed by atoms with E-state index < -0.39 is 0 Å². The number of hydrogen-bond donors (Lipinski definition) is 2. The summed E-state index contributed by atoms with van der Waals surface area (Å²) in [6.07, 6.45) is 0.155. The fourth-order valence-corrected chi connectivity index (χ4v) is 2.03. The fourth-order valence-electron chi connectivity index (χ4n) is 2.03. The van der Waals surface area contributed by atoms with E-state index in [2.05, 4.69) is 5.32 Å². The Balaban J connectivity index is 0.00000264. The van der Waals surface area contributed by atoms with Crippen LogP contribution in [0.4, 0.5) is 0 Å². The van der Waals surface area contributed by atoms with Crippen LogP contribution in [-0.2, 0) is 13.1 Å². The number of nitrogens with two attached hydrogens (primary N) is 1. The minimum atomic E-state index is -0.0916. The van der Waals surface area contributed by atoms with Crippen LogP contribution in [0.15, 0.2) is 48.5 Å². The first kappa shape index (κ1) is 19.0. The molecule has 0 bridgehead atoms. The van der Waals surface area contributed by atoms with Gasteiger partial charge in [-0.3, -0.25) is 4.79 Å².